The van der Waals surface area contributed by atoms with Crippen molar-refractivity contribution in [3.05, 3.63) is 203 Å². The molecule has 0 saturated carbocycles. The highest BCUT2D eigenvalue weighted by atomic mass is 32.2. The van der Waals surface area contributed by atoms with Crippen LogP contribution in [0.25, 0.3) is 0 Å². The molecular formula is C46H47NO4S. The van der Waals surface area contributed by atoms with E-state index in [0.717, 1.165) is 28.7 Å². The molecule has 52 heavy (non-hydrogen) atoms. The monoisotopic (exact) mass is 709 g/mol. The lowest BCUT2D eigenvalue weighted by atomic mass is 9.94. The van der Waals surface area contributed by atoms with E-state index in [2.05, 4.69) is 151 Å². The molecule has 0 amide bonds. The summed E-state index contributed by atoms with van der Waals surface area (Å²) >= 11 is 1.89. The van der Waals surface area contributed by atoms with Gasteiger partial charge in [0.1, 0.15) is 18.3 Å². The SMILES string of the molecule is Cn1cccc1Cc1cccc([C@@H]2SC(COCc3ccccc3)[C@@H](OCc3ccccc3)[C@H](OCc3ccccc3)[C@H]2OCc2ccccc2)c1. The van der Waals surface area contributed by atoms with Crippen LogP contribution in [-0.4, -0.2) is 34.7 Å². The number of nitrogens with zero attached hydrogens (tertiary/aromatic N) is 1. The summed E-state index contributed by atoms with van der Waals surface area (Å²) in [4.78, 5) is 0. The zero-order valence-corrected chi connectivity index (χ0v) is 30.5. The topological polar surface area (TPSA) is 41.9 Å². The van der Waals surface area contributed by atoms with E-state index in [9.17, 15) is 0 Å². The van der Waals surface area contributed by atoms with E-state index < -0.39 is 0 Å². The minimum atomic E-state index is -0.374. The first-order valence-electron chi connectivity index (χ1n) is 18.1. The van der Waals surface area contributed by atoms with Gasteiger partial charge in [-0.1, -0.05) is 146 Å². The fourth-order valence-corrected chi connectivity index (χ4v) is 8.46. The highest BCUT2D eigenvalue weighted by Crippen LogP contribution is 2.47. The maximum atomic E-state index is 7.04. The molecular weight excluding hydrogens is 663 g/mol. The van der Waals surface area contributed by atoms with Gasteiger partial charge in [-0.3, -0.25) is 0 Å². The fraction of sp³-hybridized carbons (Fsp3) is 0.261. The molecule has 0 N–H and O–H groups in total. The van der Waals surface area contributed by atoms with Gasteiger partial charge in [0.2, 0.25) is 0 Å². The number of hydrogen-bond acceptors (Lipinski definition) is 5. The van der Waals surface area contributed by atoms with Crippen LogP contribution in [-0.2, 0) is 58.8 Å². The van der Waals surface area contributed by atoms with E-state index in [1.807, 2.05) is 36.0 Å². The molecule has 5 nitrogen and oxygen atoms in total. The Kier molecular flexibility index (Phi) is 12.7. The van der Waals surface area contributed by atoms with Crippen LogP contribution in [0.2, 0.25) is 0 Å². The van der Waals surface area contributed by atoms with Crippen molar-refractivity contribution in [2.24, 2.45) is 7.05 Å². The summed E-state index contributed by atoms with van der Waals surface area (Å²) in [6.45, 7) is 2.43. The zero-order valence-electron chi connectivity index (χ0n) is 29.7. The number of rotatable bonds is 16. The third-order valence-electron chi connectivity index (χ3n) is 9.60. The summed E-state index contributed by atoms with van der Waals surface area (Å²) in [7, 11) is 2.11. The first-order valence-corrected chi connectivity index (χ1v) is 19.1. The van der Waals surface area contributed by atoms with Crippen LogP contribution >= 0.6 is 11.8 Å². The number of ether oxygens (including phenoxy) is 4. The van der Waals surface area contributed by atoms with Crippen LogP contribution in [0.15, 0.2) is 164 Å². The molecule has 0 radical (unpaired) electrons. The van der Waals surface area contributed by atoms with Gasteiger partial charge in [-0.25, -0.2) is 0 Å². The average molecular weight is 710 g/mol. The molecule has 6 heteroatoms. The second kappa shape index (κ2) is 18.4. The standard InChI is InChI=1S/C46H47NO4S/c1-47-27-15-26-41(47)29-39-24-14-25-40(28-39)46-45(51-33-38-22-12-5-13-23-38)44(50-32-37-20-10-4-11-21-37)43(49-31-36-18-8-3-9-19-36)42(52-46)34-48-30-35-16-6-2-7-17-35/h2-28,42-46H,29-34H2,1H3/t42?,43-,44+,45-,46+/m1/s1. The third-order valence-corrected chi connectivity index (χ3v) is 11.2. The predicted octanol–water partition coefficient (Wildman–Crippen LogP) is 9.75. The van der Waals surface area contributed by atoms with E-state index in [4.69, 9.17) is 18.9 Å². The maximum absolute atomic E-state index is 7.04. The molecule has 7 rings (SSSR count). The third kappa shape index (κ3) is 9.71. The molecule has 266 valence electrons. The molecule has 1 aliphatic heterocycles. The smallest absolute Gasteiger partial charge is 0.113 e. The normalized spacial score (nSPS) is 20.1. The summed E-state index contributed by atoms with van der Waals surface area (Å²) in [5, 5.41) is -0.0500. The van der Waals surface area contributed by atoms with Crippen LogP contribution in [0.4, 0.5) is 0 Å². The highest BCUT2D eigenvalue weighted by Gasteiger charge is 2.48. The van der Waals surface area contributed by atoms with Gasteiger partial charge in [0.15, 0.2) is 0 Å². The van der Waals surface area contributed by atoms with Gasteiger partial charge in [0.25, 0.3) is 0 Å². The van der Waals surface area contributed by atoms with Gasteiger partial charge in [-0.2, -0.15) is 0 Å². The van der Waals surface area contributed by atoms with Crippen molar-refractivity contribution in [3.63, 3.8) is 0 Å². The minimum Gasteiger partial charge on any atom is -0.376 e. The Bertz CT molecular complexity index is 1920. The minimum absolute atomic E-state index is 0.0219. The Labute approximate surface area is 312 Å². The molecule has 6 aromatic rings. The van der Waals surface area contributed by atoms with Gasteiger partial charge >= 0.3 is 0 Å². The molecule has 1 aromatic heterocycles. The number of thioether (sulfide) groups is 1. The quantitative estimate of drug-likeness (QED) is 0.100. The van der Waals surface area contributed by atoms with Gasteiger partial charge in [-0.15, -0.1) is 11.8 Å². The Morgan fingerprint density at radius 1 is 0.500 bits per heavy atom. The number of aromatic nitrogens is 1. The fourth-order valence-electron chi connectivity index (χ4n) is 6.83. The molecule has 5 atom stereocenters. The van der Waals surface area contributed by atoms with Crippen molar-refractivity contribution >= 4 is 11.8 Å². The molecule has 1 aliphatic rings. The molecule has 1 fully saturated rings. The molecule has 2 heterocycles. The first-order chi connectivity index (χ1) is 25.7. The Morgan fingerprint density at radius 2 is 1.00 bits per heavy atom. The summed E-state index contributed by atoms with van der Waals surface area (Å²) in [5.74, 6) is 0. The second-order valence-electron chi connectivity index (χ2n) is 13.4. The van der Waals surface area contributed by atoms with E-state index in [0.29, 0.717) is 33.0 Å². The van der Waals surface area contributed by atoms with E-state index in [-0.39, 0.29) is 28.8 Å². The summed E-state index contributed by atoms with van der Waals surface area (Å²) in [6, 6.07) is 54.8. The van der Waals surface area contributed by atoms with Crippen LogP contribution in [0.3, 0.4) is 0 Å². The summed E-state index contributed by atoms with van der Waals surface area (Å²) in [6.07, 6.45) is 1.98. The second-order valence-corrected chi connectivity index (χ2v) is 14.8. The lowest BCUT2D eigenvalue weighted by Crippen LogP contribution is -2.54. The van der Waals surface area contributed by atoms with Crippen molar-refractivity contribution in [3.8, 4) is 0 Å². The molecule has 0 aliphatic carbocycles. The van der Waals surface area contributed by atoms with Gasteiger partial charge in [0.05, 0.1) is 43.5 Å². The van der Waals surface area contributed by atoms with Crippen molar-refractivity contribution < 1.29 is 18.9 Å². The van der Waals surface area contributed by atoms with E-state index in [1.165, 1.54) is 16.8 Å². The maximum Gasteiger partial charge on any atom is 0.113 e. The first kappa shape index (κ1) is 36.0. The van der Waals surface area contributed by atoms with E-state index >= 15 is 0 Å². The Balaban J connectivity index is 1.24. The van der Waals surface area contributed by atoms with Gasteiger partial charge in [0, 0.05) is 25.4 Å². The van der Waals surface area contributed by atoms with Crippen LogP contribution in [0.5, 0.6) is 0 Å². The number of hydrogen-bond donors (Lipinski definition) is 0. The van der Waals surface area contributed by atoms with Gasteiger partial charge < -0.3 is 23.5 Å². The predicted molar refractivity (Wildman–Crippen MR) is 210 cm³/mol. The summed E-state index contributed by atoms with van der Waals surface area (Å²) < 4.78 is 29.7. The van der Waals surface area contributed by atoms with Crippen LogP contribution in [0, 0.1) is 0 Å². The molecule has 0 spiro atoms. The molecule has 5 aromatic carbocycles. The summed E-state index contributed by atoms with van der Waals surface area (Å²) in [5.41, 5.74) is 8.27. The lowest BCUT2D eigenvalue weighted by molar-refractivity contribution is -0.160. The average Bonchev–Trinajstić information content (AvgIpc) is 3.60. The Hall–Kier alpha value is -4.43. The van der Waals surface area contributed by atoms with Crippen molar-refractivity contribution in [2.45, 2.75) is 61.7 Å². The zero-order chi connectivity index (χ0) is 35.4. The number of benzene rings is 5. The molecule has 1 unspecified atom stereocenters. The molecule has 1 saturated heterocycles. The lowest BCUT2D eigenvalue weighted by Gasteiger charge is -2.46. The van der Waals surface area contributed by atoms with Crippen LogP contribution < -0.4 is 0 Å². The highest BCUT2D eigenvalue weighted by molar-refractivity contribution is 8.00. The largest absolute Gasteiger partial charge is 0.376 e. The van der Waals surface area contributed by atoms with Gasteiger partial charge in [-0.05, 0) is 45.5 Å². The number of aryl methyl sites for hydroxylation is 1. The van der Waals surface area contributed by atoms with E-state index in [1.54, 1.807) is 0 Å². The van der Waals surface area contributed by atoms with Crippen molar-refractivity contribution in [1.82, 2.24) is 4.57 Å². The van der Waals surface area contributed by atoms with Crippen molar-refractivity contribution in [2.75, 3.05) is 6.61 Å². The molecule has 0 bridgehead atoms. The van der Waals surface area contributed by atoms with Crippen LogP contribution in [0.1, 0.15) is 44.3 Å². The van der Waals surface area contributed by atoms with Crippen molar-refractivity contribution in [1.29, 1.82) is 0 Å². The Morgan fingerprint density at radius 3 is 1.54 bits per heavy atom.